The molecule has 1 atom stereocenters. The molecule has 2 aromatic rings. The molecule has 0 amide bonds. The van der Waals surface area contributed by atoms with E-state index in [2.05, 4.69) is 79.0 Å². The van der Waals surface area contributed by atoms with Gasteiger partial charge in [0.05, 0.1) is 4.47 Å². The summed E-state index contributed by atoms with van der Waals surface area (Å²) in [5.41, 5.74) is 1.84. The van der Waals surface area contributed by atoms with Gasteiger partial charge in [-0.1, -0.05) is 17.9 Å². The molecule has 0 radical (unpaired) electrons. The zero-order chi connectivity index (χ0) is 21.2. The number of allylic oxidation sites excluding steroid dienone is 1. The lowest BCUT2D eigenvalue weighted by atomic mass is 10.1. The molecule has 2 aromatic carbocycles. The number of carboxylic acids is 1. The molecule has 0 fully saturated rings. The van der Waals surface area contributed by atoms with Crippen molar-refractivity contribution in [1.29, 1.82) is 0 Å². The summed E-state index contributed by atoms with van der Waals surface area (Å²) in [6.07, 6.45) is 3.07. The summed E-state index contributed by atoms with van der Waals surface area (Å²) in [7, 11) is 0. The Morgan fingerprint density at radius 1 is 1.24 bits per heavy atom. The lowest BCUT2D eigenvalue weighted by molar-refractivity contribution is -0.149. The van der Waals surface area contributed by atoms with Crippen molar-refractivity contribution in [2.75, 3.05) is 13.2 Å². The Kier molecular flexibility index (Phi) is 10.5. The van der Waals surface area contributed by atoms with Crippen LogP contribution in [0.1, 0.15) is 18.1 Å². The van der Waals surface area contributed by atoms with Crippen LogP contribution in [-0.2, 0) is 16.0 Å². The maximum atomic E-state index is 11.2. The highest BCUT2D eigenvalue weighted by Crippen LogP contribution is 2.27. The SMILES string of the molecule is CCOC(Cc1ccc(OC/C=C\C#Cc2cc(I)cc(I)c2)c(Br)c1)C(=O)O. The fourth-order valence-electron chi connectivity index (χ4n) is 2.42. The molecule has 0 aromatic heterocycles. The number of rotatable bonds is 8. The number of benzene rings is 2. The van der Waals surface area contributed by atoms with Crippen molar-refractivity contribution in [3.05, 3.63) is 71.3 Å². The standard InChI is InChI=1S/C22H19BrI2O4/c1-2-28-21(22(26)27)13-16-7-8-20(19(23)12-16)29-9-5-3-4-6-15-10-17(24)14-18(25)11-15/h3,5,7-8,10-12,14,21H,2,9,13H2,1H3,(H,26,27)/b5-3-. The Balaban J connectivity index is 1.90. The second-order valence-electron chi connectivity index (χ2n) is 5.89. The van der Waals surface area contributed by atoms with Crippen LogP contribution in [0.2, 0.25) is 0 Å². The third-order valence-corrected chi connectivity index (χ3v) is 5.54. The summed E-state index contributed by atoms with van der Waals surface area (Å²) in [5.74, 6) is 5.84. The molecule has 0 heterocycles. The van der Waals surface area contributed by atoms with Gasteiger partial charge in [0.1, 0.15) is 12.4 Å². The molecule has 0 saturated carbocycles. The summed E-state index contributed by atoms with van der Waals surface area (Å²) >= 11 is 8.03. The van der Waals surface area contributed by atoms with Crippen LogP contribution in [-0.4, -0.2) is 30.4 Å². The Morgan fingerprint density at radius 2 is 1.97 bits per heavy atom. The van der Waals surface area contributed by atoms with E-state index in [9.17, 15) is 9.90 Å². The molecular formula is C22H19BrI2O4. The van der Waals surface area contributed by atoms with Crippen molar-refractivity contribution >= 4 is 67.1 Å². The monoisotopic (exact) mass is 680 g/mol. The summed E-state index contributed by atoms with van der Waals surface area (Å²) < 4.78 is 14.1. The predicted octanol–water partition coefficient (Wildman–Crippen LogP) is 5.68. The second kappa shape index (κ2) is 12.6. The van der Waals surface area contributed by atoms with Crippen LogP contribution in [0.15, 0.2) is 53.0 Å². The first-order valence-electron chi connectivity index (χ1n) is 8.77. The van der Waals surface area contributed by atoms with E-state index in [1.54, 1.807) is 13.0 Å². The van der Waals surface area contributed by atoms with Gasteiger partial charge >= 0.3 is 5.97 Å². The molecular weight excluding hydrogens is 662 g/mol. The molecule has 1 N–H and O–H groups in total. The van der Waals surface area contributed by atoms with E-state index in [0.717, 1.165) is 22.7 Å². The number of hydrogen-bond donors (Lipinski definition) is 1. The van der Waals surface area contributed by atoms with Crippen LogP contribution in [0.3, 0.4) is 0 Å². The number of carbonyl (C=O) groups is 1. The Bertz CT molecular complexity index is 927. The van der Waals surface area contributed by atoms with Gasteiger partial charge in [0.25, 0.3) is 0 Å². The fourth-order valence-corrected chi connectivity index (χ4v) is 4.90. The molecule has 7 heteroatoms. The van der Waals surface area contributed by atoms with Crippen LogP contribution in [0, 0.1) is 19.0 Å². The molecule has 0 aliphatic carbocycles. The van der Waals surface area contributed by atoms with Crippen molar-refractivity contribution in [3.8, 4) is 17.6 Å². The van der Waals surface area contributed by atoms with E-state index >= 15 is 0 Å². The number of ether oxygens (including phenoxy) is 2. The minimum atomic E-state index is -0.963. The van der Waals surface area contributed by atoms with Gasteiger partial charge in [-0.3, -0.25) is 0 Å². The van der Waals surface area contributed by atoms with Gasteiger partial charge < -0.3 is 14.6 Å². The van der Waals surface area contributed by atoms with E-state index in [1.165, 1.54) is 0 Å². The summed E-state index contributed by atoms with van der Waals surface area (Å²) in [4.78, 5) is 11.2. The van der Waals surface area contributed by atoms with Crippen molar-refractivity contribution in [1.82, 2.24) is 0 Å². The van der Waals surface area contributed by atoms with Gasteiger partial charge in [0, 0.05) is 25.7 Å². The van der Waals surface area contributed by atoms with Gasteiger partial charge in [0.15, 0.2) is 6.10 Å². The van der Waals surface area contributed by atoms with Crippen LogP contribution in [0.4, 0.5) is 0 Å². The van der Waals surface area contributed by atoms with Crippen LogP contribution in [0.5, 0.6) is 5.75 Å². The van der Waals surface area contributed by atoms with Gasteiger partial charge in [-0.05, 0) is 116 Å². The topological polar surface area (TPSA) is 55.8 Å². The van der Waals surface area contributed by atoms with E-state index in [1.807, 2.05) is 36.4 Å². The molecule has 0 aliphatic rings. The second-order valence-corrected chi connectivity index (χ2v) is 9.24. The van der Waals surface area contributed by atoms with Crippen molar-refractivity contribution < 1.29 is 19.4 Å². The zero-order valence-electron chi connectivity index (χ0n) is 15.6. The maximum Gasteiger partial charge on any atom is 0.333 e. The molecule has 4 nitrogen and oxygen atoms in total. The van der Waals surface area contributed by atoms with Crippen LogP contribution in [0.25, 0.3) is 0 Å². The third kappa shape index (κ3) is 8.66. The molecule has 1 unspecified atom stereocenters. The highest BCUT2D eigenvalue weighted by molar-refractivity contribution is 14.1. The smallest absolute Gasteiger partial charge is 0.333 e. The van der Waals surface area contributed by atoms with E-state index in [0.29, 0.717) is 25.4 Å². The van der Waals surface area contributed by atoms with Crippen molar-refractivity contribution in [2.24, 2.45) is 0 Å². The maximum absolute atomic E-state index is 11.2. The molecule has 0 saturated heterocycles. The van der Waals surface area contributed by atoms with Crippen LogP contribution < -0.4 is 4.74 Å². The normalized spacial score (nSPS) is 11.7. The van der Waals surface area contributed by atoms with E-state index in [-0.39, 0.29) is 0 Å². The Morgan fingerprint density at radius 3 is 2.59 bits per heavy atom. The molecule has 0 spiro atoms. The molecule has 0 bridgehead atoms. The summed E-state index contributed by atoms with van der Waals surface area (Å²) in [6.45, 7) is 2.52. The predicted molar refractivity (Wildman–Crippen MR) is 134 cm³/mol. The highest BCUT2D eigenvalue weighted by atomic mass is 127. The zero-order valence-corrected chi connectivity index (χ0v) is 21.5. The quantitative estimate of drug-likeness (QED) is 0.288. The van der Waals surface area contributed by atoms with Gasteiger partial charge in [-0.15, -0.1) is 0 Å². The number of halogens is 3. The average Bonchev–Trinajstić information content (AvgIpc) is 2.64. The average molecular weight is 681 g/mol. The fraction of sp³-hybridized carbons (Fsp3) is 0.227. The van der Waals surface area contributed by atoms with Gasteiger partial charge in [-0.25, -0.2) is 4.79 Å². The number of aliphatic carboxylic acids is 1. The molecule has 29 heavy (non-hydrogen) atoms. The lowest BCUT2D eigenvalue weighted by Crippen LogP contribution is -2.26. The Hall–Kier alpha value is -1.09. The largest absolute Gasteiger partial charge is 0.488 e. The lowest BCUT2D eigenvalue weighted by Gasteiger charge is -2.13. The van der Waals surface area contributed by atoms with Crippen molar-refractivity contribution in [3.63, 3.8) is 0 Å². The molecule has 0 aliphatic heterocycles. The molecule has 2 rings (SSSR count). The minimum Gasteiger partial charge on any atom is -0.488 e. The molecule has 152 valence electrons. The first-order chi connectivity index (χ1) is 13.9. The van der Waals surface area contributed by atoms with Gasteiger partial charge in [0.2, 0.25) is 0 Å². The first-order valence-corrected chi connectivity index (χ1v) is 11.7. The summed E-state index contributed by atoms with van der Waals surface area (Å²) in [6, 6.07) is 11.7. The van der Waals surface area contributed by atoms with Gasteiger partial charge in [-0.2, -0.15) is 0 Å². The first kappa shape index (κ1) is 24.2. The number of hydrogen-bond acceptors (Lipinski definition) is 3. The van der Waals surface area contributed by atoms with Crippen LogP contribution >= 0.6 is 61.1 Å². The van der Waals surface area contributed by atoms with E-state index < -0.39 is 12.1 Å². The minimum absolute atomic E-state index is 0.301. The number of carboxylic acid groups (broad SMARTS) is 1. The van der Waals surface area contributed by atoms with E-state index in [4.69, 9.17) is 9.47 Å². The van der Waals surface area contributed by atoms with Crippen molar-refractivity contribution in [2.45, 2.75) is 19.4 Å². The Labute approximate surface area is 206 Å². The third-order valence-electron chi connectivity index (χ3n) is 3.68. The summed E-state index contributed by atoms with van der Waals surface area (Å²) in [5, 5.41) is 9.20. The highest BCUT2D eigenvalue weighted by Gasteiger charge is 2.18.